The molecule has 23 heavy (non-hydrogen) atoms. The van der Waals surface area contributed by atoms with Crippen molar-refractivity contribution >= 4 is 31.9 Å². The van der Waals surface area contributed by atoms with Crippen molar-refractivity contribution in [3.05, 3.63) is 28.3 Å². The highest BCUT2D eigenvalue weighted by Gasteiger charge is 2.26. The molecule has 0 unspecified atom stereocenters. The van der Waals surface area contributed by atoms with E-state index in [1.54, 1.807) is 0 Å². The van der Waals surface area contributed by atoms with Crippen molar-refractivity contribution in [3.63, 3.8) is 0 Å². The Balaban J connectivity index is 2.28. The minimum Gasteiger partial charge on any atom is -0.493 e. The molecule has 0 bridgehead atoms. The van der Waals surface area contributed by atoms with Gasteiger partial charge in [0.1, 0.15) is 4.90 Å². The molecule has 6 nitrogen and oxygen atoms in total. The van der Waals surface area contributed by atoms with E-state index >= 15 is 0 Å². The van der Waals surface area contributed by atoms with Gasteiger partial charge in [0, 0.05) is 16.6 Å². The van der Waals surface area contributed by atoms with Crippen LogP contribution in [0.2, 0.25) is 0 Å². The number of carbonyl (C=O) groups is 1. The zero-order valence-corrected chi connectivity index (χ0v) is 15.5. The molecule has 1 saturated carbocycles. The van der Waals surface area contributed by atoms with E-state index in [1.807, 2.05) is 11.6 Å². The highest BCUT2D eigenvalue weighted by Crippen LogP contribution is 2.36. The highest BCUT2D eigenvalue weighted by molar-refractivity contribution is 9.10. The predicted octanol–water partition coefficient (Wildman–Crippen LogP) is 2.63. The third-order valence-electron chi connectivity index (χ3n) is 3.54. The molecule has 126 valence electrons. The first-order valence-electron chi connectivity index (χ1n) is 6.95. The minimum atomic E-state index is -4.03. The van der Waals surface area contributed by atoms with Crippen LogP contribution in [0.4, 0.5) is 0 Å². The van der Waals surface area contributed by atoms with E-state index in [9.17, 15) is 13.2 Å². The molecule has 1 aromatic rings. The van der Waals surface area contributed by atoms with Gasteiger partial charge in [0.15, 0.2) is 11.5 Å². The largest absolute Gasteiger partial charge is 0.493 e. The zero-order chi connectivity index (χ0) is 17.2. The molecule has 2 rings (SSSR count). The summed E-state index contributed by atoms with van der Waals surface area (Å²) >= 11 is 3.18. The van der Waals surface area contributed by atoms with Gasteiger partial charge in [0.05, 0.1) is 14.2 Å². The Kier molecular flexibility index (Phi) is 5.36. The number of ether oxygens (including phenoxy) is 2. The Bertz CT molecular complexity index is 753. The predicted molar refractivity (Wildman–Crippen MR) is 89.1 cm³/mol. The molecule has 1 fully saturated rings. The van der Waals surface area contributed by atoms with E-state index in [1.165, 1.54) is 32.4 Å². The van der Waals surface area contributed by atoms with Crippen LogP contribution in [-0.2, 0) is 14.8 Å². The van der Waals surface area contributed by atoms with Gasteiger partial charge in [-0.15, -0.1) is 0 Å². The molecule has 0 atom stereocenters. The molecular weight excluding hydrogens is 386 g/mol. The number of carbonyl (C=O) groups excluding carboxylic acids is 1. The monoisotopic (exact) mass is 403 g/mol. The Hall–Kier alpha value is -1.54. The molecule has 0 saturated heterocycles. The molecule has 0 aromatic heterocycles. The summed E-state index contributed by atoms with van der Waals surface area (Å²) in [5.74, 6) is 0.384. The van der Waals surface area contributed by atoms with Gasteiger partial charge < -0.3 is 9.47 Å². The molecular formula is C15H18BrNO5S. The fraction of sp³-hybridized carbons (Fsp3) is 0.400. The molecule has 1 aliphatic rings. The first-order valence-corrected chi connectivity index (χ1v) is 9.22. The van der Waals surface area contributed by atoms with Crippen molar-refractivity contribution in [1.29, 1.82) is 0 Å². The number of halogens is 1. The summed E-state index contributed by atoms with van der Waals surface area (Å²) in [6.07, 6.45) is 3.43. The van der Waals surface area contributed by atoms with E-state index in [2.05, 4.69) is 15.9 Å². The first-order chi connectivity index (χ1) is 10.8. The lowest BCUT2D eigenvalue weighted by atomic mass is 10.2. The van der Waals surface area contributed by atoms with E-state index in [0.717, 1.165) is 18.4 Å². The first kappa shape index (κ1) is 17.8. The summed E-state index contributed by atoms with van der Waals surface area (Å²) in [7, 11) is -1.17. The van der Waals surface area contributed by atoms with Gasteiger partial charge in [-0.25, -0.2) is 13.1 Å². The van der Waals surface area contributed by atoms with Crippen LogP contribution in [0.5, 0.6) is 11.5 Å². The minimum absolute atomic E-state index is 0.0963. The Morgan fingerprint density at radius 3 is 2.35 bits per heavy atom. The molecule has 0 radical (unpaired) electrons. The lowest BCUT2D eigenvalue weighted by molar-refractivity contribution is -0.114. The van der Waals surface area contributed by atoms with Crippen LogP contribution in [0.3, 0.4) is 0 Å². The van der Waals surface area contributed by atoms with Gasteiger partial charge in [-0.2, -0.15) is 0 Å². The second-order valence-electron chi connectivity index (χ2n) is 5.27. The number of allylic oxidation sites excluding steroid dienone is 1. The Morgan fingerprint density at radius 1 is 1.26 bits per heavy atom. The summed E-state index contributed by atoms with van der Waals surface area (Å²) in [5.41, 5.74) is 0.893. The van der Waals surface area contributed by atoms with E-state index in [4.69, 9.17) is 9.47 Å². The van der Waals surface area contributed by atoms with Crippen LogP contribution < -0.4 is 14.2 Å². The summed E-state index contributed by atoms with van der Waals surface area (Å²) < 4.78 is 37.4. The van der Waals surface area contributed by atoms with Crippen molar-refractivity contribution in [2.75, 3.05) is 14.2 Å². The van der Waals surface area contributed by atoms with Gasteiger partial charge in [-0.05, 0) is 47.7 Å². The van der Waals surface area contributed by atoms with Gasteiger partial charge in [-0.1, -0.05) is 5.57 Å². The van der Waals surface area contributed by atoms with Gasteiger partial charge in [-0.3, -0.25) is 4.79 Å². The van der Waals surface area contributed by atoms with Crippen molar-refractivity contribution < 1.29 is 22.7 Å². The standard InChI is InChI=1S/C15H18BrNO5S/c1-9(10-4-5-10)6-15(18)17-23(19,20)14-8-13(22-3)12(21-2)7-11(14)16/h6-8,10H,4-5H2,1-3H3,(H,17,18)/b9-6+. The lowest BCUT2D eigenvalue weighted by Crippen LogP contribution is -2.29. The summed E-state index contributed by atoms with van der Waals surface area (Å²) in [6.45, 7) is 1.83. The summed E-state index contributed by atoms with van der Waals surface area (Å²) in [5, 5.41) is 0. The van der Waals surface area contributed by atoms with Gasteiger partial charge >= 0.3 is 0 Å². The van der Waals surface area contributed by atoms with E-state index in [0.29, 0.717) is 11.7 Å². The second-order valence-corrected chi connectivity index (χ2v) is 7.78. The molecule has 0 aliphatic heterocycles. The molecule has 1 aliphatic carbocycles. The fourth-order valence-electron chi connectivity index (χ4n) is 2.12. The van der Waals surface area contributed by atoms with Crippen molar-refractivity contribution in [2.45, 2.75) is 24.7 Å². The van der Waals surface area contributed by atoms with Crippen LogP contribution >= 0.6 is 15.9 Å². The van der Waals surface area contributed by atoms with Crippen LogP contribution in [0.15, 0.2) is 33.2 Å². The maximum Gasteiger partial charge on any atom is 0.265 e. The number of sulfonamides is 1. The number of methoxy groups -OCH3 is 2. The van der Waals surface area contributed by atoms with Crippen LogP contribution in [0.1, 0.15) is 19.8 Å². The summed E-state index contributed by atoms with van der Waals surface area (Å²) in [4.78, 5) is 11.8. The van der Waals surface area contributed by atoms with Gasteiger partial charge in [0.2, 0.25) is 0 Å². The summed E-state index contributed by atoms with van der Waals surface area (Å²) in [6, 6.07) is 2.78. The average Bonchev–Trinajstić information content (AvgIpc) is 3.30. The van der Waals surface area contributed by atoms with E-state index in [-0.39, 0.29) is 15.1 Å². The molecule has 1 amide bonds. The Labute approximate surface area is 144 Å². The fourth-order valence-corrected chi connectivity index (χ4v) is 4.09. The number of amides is 1. The van der Waals surface area contributed by atoms with Gasteiger partial charge in [0.25, 0.3) is 15.9 Å². The lowest BCUT2D eigenvalue weighted by Gasteiger charge is -2.12. The molecule has 1 N–H and O–H groups in total. The Morgan fingerprint density at radius 2 is 1.83 bits per heavy atom. The SMILES string of the molecule is COc1cc(Br)c(S(=O)(=O)NC(=O)/C=C(\C)C2CC2)cc1OC. The van der Waals surface area contributed by atoms with Crippen LogP contribution in [0, 0.1) is 5.92 Å². The third kappa shape index (κ3) is 4.26. The zero-order valence-electron chi connectivity index (χ0n) is 13.1. The number of rotatable bonds is 6. The van der Waals surface area contributed by atoms with Crippen LogP contribution in [0.25, 0.3) is 0 Å². The number of benzene rings is 1. The smallest absolute Gasteiger partial charge is 0.265 e. The molecule has 8 heteroatoms. The number of hydrogen-bond donors (Lipinski definition) is 1. The second kappa shape index (κ2) is 6.92. The third-order valence-corrected chi connectivity index (χ3v) is 5.85. The van der Waals surface area contributed by atoms with Crippen molar-refractivity contribution in [1.82, 2.24) is 4.72 Å². The highest BCUT2D eigenvalue weighted by atomic mass is 79.9. The van der Waals surface area contributed by atoms with Crippen molar-refractivity contribution in [3.8, 4) is 11.5 Å². The molecule has 0 heterocycles. The maximum absolute atomic E-state index is 12.4. The topological polar surface area (TPSA) is 81.7 Å². The normalized spacial score (nSPS) is 15.2. The van der Waals surface area contributed by atoms with Crippen LogP contribution in [-0.4, -0.2) is 28.5 Å². The number of nitrogens with one attached hydrogen (secondary N) is 1. The van der Waals surface area contributed by atoms with E-state index < -0.39 is 15.9 Å². The van der Waals surface area contributed by atoms with Crippen molar-refractivity contribution in [2.24, 2.45) is 5.92 Å². The number of hydrogen-bond acceptors (Lipinski definition) is 5. The quantitative estimate of drug-likeness (QED) is 0.738. The maximum atomic E-state index is 12.4. The molecule has 0 spiro atoms. The average molecular weight is 404 g/mol. The molecule has 1 aromatic carbocycles.